The van der Waals surface area contributed by atoms with Gasteiger partial charge in [-0.3, -0.25) is 24.1 Å². The van der Waals surface area contributed by atoms with Gasteiger partial charge in [-0.25, -0.2) is 4.79 Å². The molecule has 0 radical (unpaired) electrons. The molecule has 3 amide bonds. The first kappa shape index (κ1) is 35.1. The van der Waals surface area contributed by atoms with Crippen molar-refractivity contribution >= 4 is 29.7 Å². The van der Waals surface area contributed by atoms with Gasteiger partial charge in [-0.15, -0.1) is 0 Å². The summed E-state index contributed by atoms with van der Waals surface area (Å²) in [5.41, 5.74) is -0.388. The molecule has 0 aromatic rings. The van der Waals surface area contributed by atoms with Crippen LogP contribution in [0.3, 0.4) is 0 Å². The van der Waals surface area contributed by atoms with Crippen molar-refractivity contribution in [2.75, 3.05) is 13.6 Å². The van der Waals surface area contributed by atoms with Crippen molar-refractivity contribution in [2.24, 2.45) is 11.3 Å². The first-order valence-electron chi connectivity index (χ1n) is 14.1. The summed E-state index contributed by atoms with van der Waals surface area (Å²) in [6, 6.07) is -2.78. The zero-order valence-electron chi connectivity index (χ0n) is 25.6. The van der Waals surface area contributed by atoms with Crippen molar-refractivity contribution in [2.45, 2.75) is 118 Å². The van der Waals surface area contributed by atoms with E-state index in [1.807, 2.05) is 34.6 Å². The monoisotopic (exact) mass is 566 g/mol. The van der Waals surface area contributed by atoms with Crippen LogP contribution in [0.2, 0.25) is 0 Å². The number of carboxylic acids is 2. The quantitative estimate of drug-likeness (QED) is 0.248. The van der Waals surface area contributed by atoms with Crippen molar-refractivity contribution in [3.8, 4) is 0 Å². The van der Waals surface area contributed by atoms with Gasteiger partial charge >= 0.3 is 11.9 Å². The highest BCUT2D eigenvalue weighted by Gasteiger charge is 2.40. The molecule has 0 aliphatic carbocycles. The molecule has 40 heavy (non-hydrogen) atoms. The van der Waals surface area contributed by atoms with Gasteiger partial charge in [-0.2, -0.15) is 0 Å². The van der Waals surface area contributed by atoms with Gasteiger partial charge < -0.3 is 25.7 Å². The molecule has 0 saturated carbocycles. The molecule has 1 fully saturated rings. The minimum absolute atomic E-state index is 0.106. The number of rotatable bonds is 13. The van der Waals surface area contributed by atoms with Gasteiger partial charge in [0.1, 0.15) is 12.1 Å². The number of hydrogen-bond donors (Lipinski definition) is 4. The highest BCUT2D eigenvalue weighted by atomic mass is 16.4. The molecule has 1 saturated heterocycles. The molecule has 0 aromatic carbocycles. The van der Waals surface area contributed by atoms with Gasteiger partial charge in [-0.1, -0.05) is 47.1 Å². The molecule has 0 spiro atoms. The number of aliphatic carboxylic acids is 2. The third-order valence-corrected chi connectivity index (χ3v) is 7.42. The van der Waals surface area contributed by atoms with E-state index in [4.69, 9.17) is 5.11 Å². The minimum atomic E-state index is -1.35. The summed E-state index contributed by atoms with van der Waals surface area (Å²) in [6.45, 7) is 16.0. The lowest BCUT2D eigenvalue weighted by atomic mass is 9.84. The Balaban J connectivity index is 3.16. The molecule has 228 valence electrons. The van der Waals surface area contributed by atoms with Crippen LogP contribution in [0.15, 0.2) is 11.6 Å². The van der Waals surface area contributed by atoms with Gasteiger partial charge in [0.05, 0.1) is 12.1 Å². The van der Waals surface area contributed by atoms with Crippen LogP contribution in [0.1, 0.15) is 87.5 Å². The van der Waals surface area contributed by atoms with E-state index in [0.29, 0.717) is 0 Å². The summed E-state index contributed by atoms with van der Waals surface area (Å²) >= 11 is 0. The van der Waals surface area contributed by atoms with Crippen LogP contribution >= 0.6 is 0 Å². The third-order valence-electron chi connectivity index (χ3n) is 7.42. The predicted molar refractivity (Wildman–Crippen MR) is 152 cm³/mol. The largest absolute Gasteiger partial charge is 0.481 e. The Kier molecular flexibility index (Phi) is 13.3. The number of hydrogen-bond acceptors (Lipinski definition) is 6. The first-order chi connectivity index (χ1) is 18.4. The average Bonchev–Trinajstić information content (AvgIpc) is 2.85. The normalized spacial score (nSPS) is 19.1. The fourth-order valence-electron chi connectivity index (χ4n) is 4.97. The number of carbonyl (C=O) groups excluding carboxylic acids is 3. The second kappa shape index (κ2) is 15.2. The lowest BCUT2D eigenvalue weighted by Crippen LogP contribution is -2.60. The van der Waals surface area contributed by atoms with Crippen LogP contribution in [0.4, 0.5) is 0 Å². The molecule has 11 nitrogen and oxygen atoms in total. The summed E-state index contributed by atoms with van der Waals surface area (Å²) in [7, 11) is 1.63. The molecule has 3 unspecified atom stereocenters. The van der Waals surface area contributed by atoms with E-state index in [1.165, 1.54) is 11.8 Å². The van der Waals surface area contributed by atoms with Crippen molar-refractivity contribution in [1.82, 2.24) is 20.4 Å². The smallest absolute Gasteiger partial charge is 0.326 e. The third kappa shape index (κ3) is 10.2. The Morgan fingerprint density at radius 1 is 1.02 bits per heavy atom. The minimum Gasteiger partial charge on any atom is -0.481 e. The summed E-state index contributed by atoms with van der Waals surface area (Å²) in [4.78, 5) is 66.2. The van der Waals surface area contributed by atoms with Crippen molar-refractivity contribution in [1.29, 1.82) is 0 Å². The summed E-state index contributed by atoms with van der Waals surface area (Å²) in [5, 5.41) is 23.7. The Labute approximate surface area is 238 Å². The topological polar surface area (TPSA) is 156 Å². The van der Waals surface area contributed by atoms with E-state index in [1.54, 1.807) is 13.1 Å². The number of nitrogens with one attached hydrogen (secondary N) is 2. The van der Waals surface area contributed by atoms with Crippen LogP contribution in [-0.4, -0.2) is 93.5 Å². The number of likely N-dealkylation sites (N-methyl/N-ethyl adjacent to an activating group) is 1. The number of amides is 3. The van der Waals surface area contributed by atoms with Gasteiger partial charge in [0.2, 0.25) is 17.7 Å². The number of carbonyl (C=O) groups is 5. The van der Waals surface area contributed by atoms with E-state index in [0.717, 1.165) is 25.8 Å². The maximum absolute atomic E-state index is 13.9. The molecule has 1 heterocycles. The van der Waals surface area contributed by atoms with Crippen molar-refractivity contribution in [3.63, 3.8) is 0 Å². The Bertz CT molecular complexity index is 955. The lowest BCUT2D eigenvalue weighted by Gasteiger charge is -2.41. The van der Waals surface area contributed by atoms with Crippen LogP contribution < -0.4 is 10.6 Å². The van der Waals surface area contributed by atoms with E-state index < -0.39 is 47.8 Å². The van der Waals surface area contributed by atoms with Crippen molar-refractivity contribution in [3.05, 3.63) is 11.6 Å². The van der Waals surface area contributed by atoms with Crippen molar-refractivity contribution < 1.29 is 34.2 Å². The molecule has 4 atom stereocenters. The van der Waals surface area contributed by atoms with Gasteiger partial charge in [0.25, 0.3) is 0 Å². The number of nitrogens with zero attached hydrogens (tertiary/aromatic N) is 2. The maximum Gasteiger partial charge on any atom is 0.326 e. The van der Waals surface area contributed by atoms with E-state index in [9.17, 15) is 29.1 Å². The van der Waals surface area contributed by atoms with Gasteiger partial charge in [0, 0.05) is 25.1 Å². The highest BCUT2D eigenvalue weighted by Crippen LogP contribution is 2.26. The van der Waals surface area contributed by atoms with Crippen LogP contribution in [0.25, 0.3) is 0 Å². The number of piperidine rings is 1. The fourth-order valence-corrected chi connectivity index (χ4v) is 4.97. The molecular weight excluding hydrogens is 516 g/mol. The van der Waals surface area contributed by atoms with Gasteiger partial charge in [-0.05, 0) is 57.9 Å². The van der Waals surface area contributed by atoms with Crippen LogP contribution in [-0.2, 0) is 24.0 Å². The molecule has 0 bridgehead atoms. The molecule has 1 aliphatic rings. The standard InChI is InChI=1S/C29H50N4O7/c1-17(2)22(16-19(5)25(36)30-20(28(39)40)13-14-23(34)35)32(9)27(38)24(29(6,7)8)31-26(37)21-12-10-11-15-33(21)18(3)4/h16-18,20-22,24H,10-15H2,1-9H3,(H,30,36)(H,31,37)(H,34,35)(H,39,40)/b19-16+/t20?,21-,22?,24?/m1/s1. The van der Waals surface area contributed by atoms with E-state index >= 15 is 0 Å². The summed E-state index contributed by atoms with van der Waals surface area (Å²) < 4.78 is 0. The SMILES string of the molecule is C/C(=C\C(C(C)C)N(C)C(=O)C(NC(=O)[C@H]1CCCCN1C(C)C)C(C)(C)C)C(=O)NC(CCC(=O)O)C(=O)O. The number of carboxylic acid groups (broad SMARTS) is 2. The Hall–Kier alpha value is -2.95. The Morgan fingerprint density at radius 3 is 2.10 bits per heavy atom. The fraction of sp³-hybridized carbons (Fsp3) is 0.759. The van der Waals surface area contributed by atoms with Gasteiger partial charge in [0.15, 0.2) is 0 Å². The Morgan fingerprint density at radius 2 is 1.62 bits per heavy atom. The maximum atomic E-state index is 13.9. The lowest BCUT2D eigenvalue weighted by molar-refractivity contribution is -0.142. The average molecular weight is 567 g/mol. The molecule has 1 rings (SSSR count). The molecule has 1 aliphatic heterocycles. The number of likely N-dealkylation sites (tertiary alicyclic amines) is 1. The predicted octanol–water partition coefficient (Wildman–Crippen LogP) is 2.64. The van der Waals surface area contributed by atoms with Crippen LogP contribution in [0, 0.1) is 11.3 Å². The molecule has 0 aromatic heterocycles. The van der Waals surface area contributed by atoms with E-state index in [-0.39, 0.29) is 41.8 Å². The summed E-state index contributed by atoms with van der Waals surface area (Å²) in [5.74, 6) is -3.70. The second-order valence-corrected chi connectivity index (χ2v) is 12.5. The highest BCUT2D eigenvalue weighted by molar-refractivity contribution is 5.96. The molecule has 4 N–H and O–H groups in total. The zero-order valence-corrected chi connectivity index (χ0v) is 25.6. The van der Waals surface area contributed by atoms with E-state index in [2.05, 4.69) is 29.4 Å². The zero-order chi connectivity index (χ0) is 30.9. The van der Waals surface area contributed by atoms with Crippen LogP contribution in [0.5, 0.6) is 0 Å². The molecular formula is C29H50N4O7. The second-order valence-electron chi connectivity index (χ2n) is 12.5. The summed E-state index contributed by atoms with van der Waals surface area (Å²) in [6.07, 6.45) is 3.68. The molecule has 11 heteroatoms. The first-order valence-corrected chi connectivity index (χ1v) is 14.1.